The molecule has 3 aromatic rings. The number of fused-ring (bicyclic) bond motifs is 1. The van der Waals surface area contributed by atoms with Gasteiger partial charge in [0.2, 0.25) is 5.95 Å². The van der Waals surface area contributed by atoms with Gasteiger partial charge in [0.1, 0.15) is 11.4 Å². The lowest BCUT2D eigenvalue weighted by atomic mass is 10.1. The van der Waals surface area contributed by atoms with Crippen LogP contribution in [0.2, 0.25) is 0 Å². The minimum Gasteiger partial charge on any atom is -0.506 e. The summed E-state index contributed by atoms with van der Waals surface area (Å²) in [6, 6.07) is 10.1. The summed E-state index contributed by atoms with van der Waals surface area (Å²) in [7, 11) is 0. The average Bonchev–Trinajstić information content (AvgIpc) is 3.09. The van der Waals surface area contributed by atoms with Crippen molar-refractivity contribution in [3.8, 4) is 5.75 Å². The van der Waals surface area contributed by atoms with Gasteiger partial charge in [-0.15, -0.1) is 0 Å². The zero-order chi connectivity index (χ0) is 21.8. The molecule has 0 aliphatic carbocycles. The van der Waals surface area contributed by atoms with Crippen LogP contribution in [0.25, 0.3) is 11.0 Å². The highest BCUT2D eigenvalue weighted by molar-refractivity contribution is 5.79. The lowest BCUT2D eigenvalue weighted by molar-refractivity contribution is 0.168. The van der Waals surface area contributed by atoms with Gasteiger partial charge in [-0.25, -0.2) is 4.98 Å². The summed E-state index contributed by atoms with van der Waals surface area (Å²) in [5, 5.41) is 23.2. The highest BCUT2D eigenvalue weighted by Crippen LogP contribution is 2.26. The Morgan fingerprint density at radius 2 is 1.97 bits per heavy atom. The third kappa shape index (κ3) is 4.98. The second-order valence-corrected chi connectivity index (χ2v) is 8.29. The highest BCUT2D eigenvalue weighted by atomic mass is 16.3. The molecule has 0 spiro atoms. The van der Waals surface area contributed by atoms with Crippen LogP contribution in [-0.2, 0) is 13.0 Å². The van der Waals surface area contributed by atoms with E-state index in [-0.39, 0.29) is 12.4 Å². The SMILES string of the molecule is Cc1ccc(O)c(Cn2c(NC3CCN(CCO)CC3)nc3ccc(CCN)cc32)n1. The summed E-state index contributed by atoms with van der Waals surface area (Å²) in [5.41, 5.74) is 10.3. The molecule has 8 nitrogen and oxygen atoms in total. The Morgan fingerprint density at radius 1 is 1.16 bits per heavy atom. The van der Waals surface area contributed by atoms with Crippen molar-refractivity contribution in [1.29, 1.82) is 0 Å². The predicted octanol–water partition coefficient (Wildman–Crippen LogP) is 1.86. The van der Waals surface area contributed by atoms with E-state index in [0.29, 0.717) is 24.8 Å². The number of benzene rings is 1. The third-order valence-electron chi connectivity index (χ3n) is 5.98. The molecule has 0 saturated carbocycles. The average molecular weight is 425 g/mol. The lowest BCUT2D eigenvalue weighted by Gasteiger charge is -2.32. The van der Waals surface area contributed by atoms with Crippen molar-refractivity contribution < 1.29 is 10.2 Å². The molecule has 0 atom stereocenters. The van der Waals surface area contributed by atoms with Gasteiger partial charge in [-0.3, -0.25) is 4.98 Å². The topological polar surface area (TPSA) is 112 Å². The first kappa shape index (κ1) is 21.5. The third-order valence-corrected chi connectivity index (χ3v) is 5.98. The van der Waals surface area contributed by atoms with Gasteiger partial charge in [0.15, 0.2) is 0 Å². The number of piperidine rings is 1. The lowest BCUT2D eigenvalue weighted by Crippen LogP contribution is -2.40. The van der Waals surface area contributed by atoms with Crippen LogP contribution in [0.5, 0.6) is 5.75 Å². The van der Waals surface area contributed by atoms with Crippen LogP contribution in [0.3, 0.4) is 0 Å². The summed E-state index contributed by atoms with van der Waals surface area (Å²) in [6.45, 7) is 5.80. The molecule has 1 aliphatic rings. The second kappa shape index (κ2) is 9.64. The Balaban J connectivity index is 1.65. The second-order valence-electron chi connectivity index (χ2n) is 8.29. The predicted molar refractivity (Wildman–Crippen MR) is 122 cm³/mol. The van der Waals surface area contributed by atoms with Crippen LogP contribution in [0, 0.1) is 6.92 Å². The van der Waals surface area contributed by atoms with E-state index >= 15 is 0 Å². The molecule has 1 aliphatic heterocycles. The van der Waals surface area contributed by atoms with Crippen molar-refractivity contribution in [2.45, 2.75) is 38.8 Å². The first-order chi connectivity index (χ1) is 15.1. The molecular formula is C23H32N6O2. The van der Waals surface area contributed by atoms with Gasteiger partial charge in [0, 0.05) is 31.4 Å². The molecule has 166 valence electrons. The number of aliphatic hydroxyl groups excluding tert-OH is 1. The molecule has 8 heteroatoms. The Bertz CT molecular complexity index is 1030. The van der Waals surface area contributed by atoms with Crippen LogP contribution in [0.15, 0.2) is 30.3 Å². The summed E-state index contributed by atoms with van der Waals surface area (Å²) < 4.78 is 2.11. The number of pyridine rings is 1. The van der Waals surface area contributed by atoms with Gasteiger partial charge in [0.05, 0.1) is 24.2 Å². The first-order valence-corrected chi connectivity index (χ1v) is 11.0. The molecule has 2 aromatic heterocycles. The Morgan fingerprint density at radius 3 is 2.71 bits per heavy atom. The number of aliphatic hydroxyl groups is 1. The van der Waals surface area contributed by atoms with E-state index in [1.165, 1.54) is 5.56 Å². The van der Waals surface area contributed by atoms with Crippen molar-refractivity contribution in [2.24, 2.45) is 5.73 Å². The van der Waals surface area contributed by atoms with Crippen molar-refractivity contribution >= 4 is 17.0 Å². The number of β-amino-alcohol motifs (C(OH)–C–C–N with tert-alkyl or cyclic N) is 1. The number of aryl methyl sites for hydroxylation is 1. The molecule has 3 heterocycles. The number of hydrogen-bond donors (Lipinski definition) is 4. The molecule has 0 amide bonds. The standard InChI is InChI=1S/C23H32N6O2/c1-16-2-5-22(31)20(25-16)15-29-21-14-17(6-9-24)3-4-19(21)27-23(29)26-18-7-10-28(11-8-18)12-13-30/h2-5,14,18,30-31H,6-13,15,24H2,1H3,(H,26,27). The summed E-state index contributed by atoms with van der Waals surface area (Å²) in [5.74, 6) is 0.983. The van der Waals surface area contributed by atoms with Gasteiger partial charge in [-0.1, -0.05) is 6.07 Å². The maximum atomic E-state index is 10.4. The highest BCUT2D eigenvalue weighted by Gasteiger charge is 2.22. The molecule has 5 N–H and O–H groups in total. The van der Waals surface area contributed by atoms with E-state index in [1.54, 1.807) is 6.07 Å². The Kier molecular flexibility index (Phi) is 6.70. The van der Waals surface area contributed by atoms with Gasteiger partial charge in [-0.2, -0.15) is 0 Å². The normalized spacial score (nSPS) is 15.6. The van der Waals surface area contributed by atoms with E-state index in [1.807, 2.05) is 19.1 Å². The number of nitrogens with one attached hydrogen (secondary N) is 1. The molecule has 0 radical (unpaired) electrons. The summed E-state index contributed by atoms with van der Waals surface area (Å²) in [6.07, 6.45) is 2.80. The Hall–Kier alpha value is -2.68. The molecule has 1 saturated heterocycles. The first-order valence-electron chi connectivity index (χ1n) is 11.0. The molecule has 4 rings (SSSR count). The van der Waals surface area contributed by atoms with Crippen molar-refractivity contribution in [1.82, 2.24) is 19.4 Å². The fourth-order valence-corrected chi connectivity index (χ4v) is 4.25. The number of likely N-dealkylation sites (tertiary alicyclic amines) is 1. The summed E-state index contributed by atoms with van der Waals surface area (Å²) in [4.78, 5) is 11.7. The van der Waals surface area contributed by atoms with Crippen molar-refractivity contribution in [2.75, 3.05) is 38.1 Å². The van der Waals surface area contributed by atoms with E-state index in [0.717, 1.165) is 61.6 Å². The van der Waals surface area contributed by atoms with E-state index in [9.17, 15) is 10.2 Å². The van der Waals surface area contributed by atoms with Crippen LogP contribution in [0.4, 0.5) is 5.95 Å². The van der Waals surface area contributed by atoms with Crippen molar-refractivity contribution in [3.05, 3.63) is 47.3 Å². The van der Waals surface area contributed by atoms with E-state index in [2.05, 4.69) is 31.9 Å². The molecular weight excluding hydrogens is 392 g/mol. The van der Waals surface area contributed by atoms with E-state index < -0.39 is 0 Å². The maximum absolute atomic E-state index is 10.4. The van der Waals surface area contributed by atoms with Gasteiger partial charge < -0.3 is 30.7 Å². The number of nitrogens with two attached hydrogens (primary N) is 1. The summed E-state index contributed by atoms with van der Waals surface area (Å²) >= 11 is 0. The van der Waals surface area contributed by atoms with Crippen LogP contribution >= 0.6 is 0 Å². The fourth-order valence-electron chi connectivity index (χ4n) is 4.25. The fraction of sp³-hybridized carbons (Fsp3) is 0.478. The zero-order valence-electron chi connectivity index (χ0n) is 18.1. The van der Waals surface area contributed by atoms with Gasteiger partial charge in [-0.05, 0) is 62.6 Å². The number of hydrogen-bond acceptors (Lipinski definition) is 7. The number of aromatic hydroxyl groups is 1. The number of imidazole rings is 1. The molecule has 0 unspecified atom stereocenters. The van der Waals surface area contributed by atoms with Crippen molar-refractivity contribution in [3.63, 3.8) is 0 Å². The van der Waals surface area contributed by atoms with Crippen LogP contribution in [-0.4, -0.2) is 68.5 Å². The van der Waals surface area contributed by atoms with E-state index in [4.69, 9.17) is 10.7 Å². The van der Waals surface area contributed by atoms with Gasteiger partial charge >= 0.3 is 0 Å². The van der Waals surface area contributed by atoms with Crippen LogP contribution in [0.1, 0.15) is 29.8 Å². The smallest absolute Gasteiger partial charge is 0.204 e. The quantitative estimate of drug-likeness (QED) is 0.437. The monoisotopic (exact) mass is 424 g/mol. The minimum absolute atomic E-state index is 0.189. The minimum atomic E-state index is 0.189. The van der Waals surface area contributed by atoms with Gasteiger partial charge in [0.25, 0.3) is 0 Å². The number of rotatable bonds is 8. The molecule has 1 fully saturated rings. The molecule has 0 bridgehead atoms. The largest absolute Gasteiger partial charge is 0.506 e. The molecule has 1 aromatic carbocycles. The molecule has 31 heavy (non-hydrogen) atoms. The number of aromatic nitrogens is 3. The zero-order valence-corrected chi connectivity index (χ0v) is 18.1. The number of anilines is 1. The maximum Gasteiger partial charge on any atom is 0.204 e. The van der Waals surface area contributed by atoms with Crippen LogP contribution < -0.4 is 11.1 Å². The Labute approximate surface area is 182 Å². The number of nitrogens with zero attached hydrogens (tertiary/aromatic N) is 4.